The largest absolute Gasteiger partial charge is 0.385 e. The Balaban J connectivity index is 1.84. The van der Waals surface area contributed by atoms with Crippen LogP contribution in [0.25, 0.3) is 0 Å². The average molecular weight is 289 g/mol. The number of rotatable bonds is 7. The molecule has 0 bridgehead atoms. The fraction of sp³-hybridized carbons (Fsp3) is 1.00. The van der Waals surface area contributed by atoms with Crippen LogP contribution in [0, 0.1) is 0 Å². The molecule has 2 unspecified atom stereocenters. The minimum Gasteiger partial charge on any atom is -0.385 e. The van der Waals surface area contributed by atoms with Crippen molar-refractivity contribution in [2.45, 2.75) is 49.7 Å². The van der Waals surface area contributed by atoms with Crippen molar-refractivity contribution in [3.63, 3.8) is 0 Å². The van der Waals surface area contributed by atoms with E-state index in [9.17, 15) is 0 Å². The van der Waals surface area contributed by atoms with Crippen molar-refractivity contribution in [2.24, 2.45) is 0 Å². The third-order valence-electron chi connectivity index (χ3n) is 3.90. The second kappa shape index (κ2) is 7.84. The molecule has 1 spiro atoms. The quantitative estimate of drug-likeness (QED) is 0.726. The van der Waals surface area contributed by atoms with E-state index in [2.05, 4.69) is 12.2 Å². The monoisotopic (exact) mass is 289 g/mol. The van der Waals surface area contributed by atoms with E-state index in [1.165, 1.54) is 0 Å². The Morgan fingerprint density at radius 3 is 2.84 bits per heavy atom. The number of nitrogens with one attached hydrogen (secondary N) is 1. The van der Waals surface area contributed by atoms with Crippen molar-refractivity contribution in [1.82, 2.24) is 5.32 Å². The number of hydrogen-bond donors (Lipinski definition) is 1. The predicted molar refractivity (Wildman–Crippen MR) is 78.7 cm³/mol. The van der Waals surface area contributed by atoms with E-state index < -0.39 is 0 Å². The molecule has 0 aromatic carbocycles. The Morgan fingerprint density at radius 1 is 1.37 bits per heavy atom. The second-order valence-corrected chi connectivity index (χ2v) is 6.62. The molecule has 0 radical (unpaired) electrons. The SMILES string of the molecule is CCNC1CCC2(CC1SCCCOC)OCCO2. The standard InChI is InChI=1S/C14H27NO3S/c1-3-15-12-5-6-14(17-8-9-18-14)11-13(12)19-10-4-7-16-2/h12-13,15H,3-11H2,1-2H3. The van der Waals surface area contributed by atoms with Gasteiger partial charge in [-0.3, -0.25) is 0 Å². The second-order valence-electron chi connectivity index (χ2n) is 5.27. The van der Waals surface area contributed by atoms with Crippen LogP contribution in [0.2, 0.25) is 0 Å². The number of methoxy groups -OCH3 is 1. The fourth-order valence-electron chi connectivity index (χ4n) is 2.98. The molecule has 0 aromatic heterocycles. The van der Waals surface area contributed by atoms with Crippen LogP contribution in [-0.4, -0.2) is 56.3 Å². The van der Waals surface area contributed by atoms with Gasteiger partial charge in [0.25, 0.3) is 0 Å². The smallest absolute Gasteiger partial charge is 0.169 e. The summed E-state index contributed by atoms with van der Waals surface area (Å²) in [5.41, 5.74) is 0. The van der Waals surface area contributed by atoms with Gasteiger partial charge in [0.2, 0.25) is 0 Å². The zero-order valence-electron chi connectivity index (χ0n) is 12.2. The van der Waals surface area contributed by atoms with Crippen molar-refractivity contribution in [1.29, 1.82) is 0 Å². The predicted octanol–water partition coefficient (Wildman–Crippen LogP) is 2.03. The molecule has 1 saturated heterocycles. The van der Waals surface area contributed by atoms with Gasteiger partial charge in [0.1, 0.15) is 0 Å². The summed E-state index contributed by atoms with van der Waals surface area (Å²) >= 11 is 2.04. The van der Waals surface area contributed by atoms with Gasteiger partial charge in [-0.1, -0.05) is 6.92 Å². The summed E-state index contributed by atoms with van der Waals surface area (Å²) in [6.45, 7) is 5.58. The Hall–Kier alpha value is 0.190. The molecular formula is C14H27NO3S. The van der Waals surface area contributed by atoms with E-state index in [1.54, 1.807) is 7.11 Å². The zero-order chi connectivity index (χ0) is 13.6. The van der Waals surface area contributed by atoms with E-state index in [-0.39, 0.29) is 5.79 Å². The maximum atomic E-state index is 5.88. The molecule has 1 aliphatic carbocycles. The van der Waals surface area contributed by atoms with Crippen molar-refractivity contribution >= 4 is 11.8 Å². The summed E-state index contributed by atoms with van der Waals surface area (Å²) in [6.07, 6.45) is 4.31. The molecule has 2 atom stereocenters. The van der Waals surface area contributed by atoms with Crippen LogP contribution < -0.4 is 5.32 Å². The van der Waals surface area contributed by atoms with Crippen LogP contribution in [0.1, 0.15) is 32.6 Å². The first-order valence-corrected chi connectivity index (χ1v) is 8.46. The molecule has 2 rings (SSSR count). The van der Waals surface area contributed by atoms with Crippen molar-refractivity contribution in [2.75, 3.05) is 39.2 Å². The maximum absolute atomic E-state index is 5.88. The van der Waals surface area contributed by atoms with Gasteiger partial charge in [-0.2, -0.15) is 11.8 Å². The number of ether oxygens (including phenoxy) is 3. The molecule has 1 aliphatic heterocycles. The molecule has 5 heteroatoms. The lowest BCUT2D eigenvalue weighted by molar-refractivity contribution is -0.178. The van der Waals surface area contributed by atoms with Crippen molar-refractivity contribution in [3.8, 4) is 0 Å². The topological polar surface area (TPSA) is 39.7 Å². The maximum Gasteiger partial charge on any atom is 0.169 e. The van der Waals surface area contributed by atoms with Crippen molar-refractivity contribution < 1.29 is 14.2 Å². The summed E-state index contributed by atoms with van der Waals surface area (Å²) in [5, 5.41) is 4.21. The van der Waals surface area contributed by atoms with Gasteiger partial charge in [0.05, 0.1) is 13.2 Å². The van der Waals surface area contributed by atoms with Crippen LogP contribution in [0.4, 0.5) is 0 Å². The average Bonchev–Trinajstić information content (AvgIpc) is 2.86. The Kier molecular flexibility index (Phi) is 6.42. The van der Waals surface area contributed by atoms with Gasteiger partial charge in [0.15, 0.2) is 5.79 Å². The first-order valence-electron chi connectivity index (χ1n) is 7.41. The summed E-state index contributed by atoms with van der Waals surface area (Å²) < 4.78 is 16.9. The highest BCUT2D eigenvalue weighted by atomic mass is 32.2. The van der Waals surface area contributed by atoms with Gasteiger partial charge >= 0.3 is 0 Å². The van der Waals surface area contributed by atoms with E-state index in [0.29, 0.717) is 11.3 Å². The summed E-state index contributed by atoms with van der Waals surface area (Å²) in [7, 11) is 1.77. The summed E-state index contributed by atoms with van der Waals surface area (Å²) in [4.78, 5) is 0. The third-order valence-corrected chi connectivity index (χ3v) is 5.35. The van der Waals surface area contributed by atoms with E-state index in [4.69, 9.17) is 14.2 Å². The minimum absolute atomic E-state index is 0.273. The molecule has 0 amide bonds. The molecule has 1 heterocycles. The normalized spacial score (nSPS) is 30.0. The van der Waals surface area contributed by atoms with E-state index in [1.807, 2.05) is 11.8 Å². The van der Waals surface area contributed by atoms with Crippen LogP contribution in [0.5, 0.6) is 0 Å². The first kappa shape index (κ1) is 15.6. The molecule has 1 saturated carbocycles. The van der Waals surface area contributed by atoms with Crippen molar-refractivity contribution in [3.05, 3.63) is 0 Å². The van der Waals surface area contributed by atoms with Crippen LogP contribution in [0.3, 0.4) is 0 Å². The van der Waals surface area contributed by atoms with Gasteiger partial charge in [-0.05, 0) is 25.1 Å². The van der Waals surface area contributed by atoms with Gasteiger partial charge in [-0.15, -0.1) is 0 Å². The molecule has 2 fully saturated rings. The fourth-order valence-corrected chi connectivity index (χ4v) is 4.40. The lowest BCUT2D eigenvalue weighted by Crippen LogP contribution is -2.49. The highest BCUT2D eigenvalue weighted by Crippen LogP contribution is 2.40. The third kappa shape index (κ3) is 4.33. The van der Waals surface area contributed by atoms with Gasteiger partial charge < -0.3 is 19.5 Å². The molecular weight excluding hydrogens is 262 g/mol. The highest BCUT2D eigenvalue weighted by molar-refractivity contribution is 7.99. The Labute approximate surface area is 120 Å². The summed E-state index contributed by atoms with van der Waals surface area (Å²) in [6, 6.07) is 0.593. The number of thioether (sulfide) groups is 1. The van der Waals surface area contributed by atoms with Crippen LogP contribution in [0.15, 0.2) is 0 Å². The minimum atomic E-state index is -0.273. The first-order chi connectivity index (χ1) is 9.29. The molecule has 2 aliphatic rings. The van der Waals surface area contributed by atoms with Crippen LogP contribution >= 0.6 is 11.8 Å². The highest BCUT2D eigenvalue weighted by Gasteiger charge is 2.44. The molecule has 19 heavy (non-hydrogen) atoms. The molecule has 4 nitrogen and oxygen atoms in total. The zero-order valence-corrected chi connectivity index (χ0v) is 13.0. The van der Waals surface area contributed by atoms with Gasteiger partial charge in [0, 0.05) is 37.9 Å². The molecule has 1 N–H and O–H groups in total. The molecule has 112 valence electrons. The Morgan fingerprint density at radius 2 is 2.16 bits per heavy atom. The lowest BCUT2D eigenvalue weighted by atomic mass is 9.89. The van der Waals surface area contributed by atoms with E-state index >= 15 is 0 Å². The van der Waals surface area contributed by atoms with Crippen LogP contribution in [-0.2, 0) is 14.2 Å². The lowest BCUT2D eigenvalue weighted by Gasteiger charge is -2.41. The number of hydrogen-bond acceptors (Lipinski definition) is 5. The van der Waals surface area contributed by atoms with E-state index in [0.717, 1.165) is 57.8 Å². The summed E-state index contributed by atoms with van der Waals surface area (Å²) in [5.74, 6) is 0.876. The van der Waals surface area contributed by atoms with Gasteiger partial charge in [-0.25, -0.2) is 0 Å². The Bertz CT molecular complexity index is 259. The molecule has 0 aromatic rings.